The molecule has 0 radical (unpaired) electrons. The fraction of sp³-hybridized carbons (Fsp3) is 0.386. The maximum absolute atomic E-state index is 12.8. The van der Waals surface area contributed by atoms with E-state index < -0.39 is 12.2 Å². The standard InChI is InChI=1S/C30H35NO3.C29H33NO3.C29H31NO3.C26H31N3O2/c1-22-8-12-28(13-9-22)34-29-16-25-18-31(19-26(25)17-29)20-30(32-2)24-10-14-27(15-11-24)33-21-23-6-4-3-5-7-23;2*1-21-7-11-27(12-8-21)33-28-15-24-17-30(18-25(24)16-28)19-29(31)23-9-13-26(14-10-23)32-20-22-5-3-2-4-6-22;1-19-7-9-24(10-8-19)31-25-11-21-15-28(16-22(21)12-25)18-26(30)23-13-27-29(17-23)14-20-5-3-2-4-6-20/h3-15,25-26,29-30H,16-21H2,1-2H3;2-14,24-25,28-29,31H,15-20H2,1H3;2-14,24-25,28H,15-20H2,1H3;2-10,13,17,21-22,25-26,30H,11-12,14-16,18H2,1H3/t25-,26+,29?,30?;24-,25+,28?,29?;24-,25+,28?;21-,22+,25?,26?. The molecule has 0 amide bonds. The van der Waals surface area contributed by atoms with Crippen molar-refractivity contribution in [2.75, 3.05) is 85.6 Å². The molecule has 4 saturated carbocycles. The Bertz CT molecular complexity index is 5410. The lowest BCUT2D eigenvalue weighted by atomic mass is 10.0. The zero-order chi connectivity index (χ0) is 89.8. The van der Waals surface area contributed by atoms with Crippen molar-refractivity contribution in [3.8, 4) is 40.2 Å². The highest BCUT2D eigenvalue weighted by molar-refractivity contribution is 5.97. The van der Waals surface area contributed by atoms with Crippen LogP contribution < -0.4 is 33.2 Å². The fourth-order valence-corrected chi connectivity index (χ4v) is 21.0. The second kappa shape index (κ2) is 44.7. The van der Waals surface area contributed by atoms with Crippen LogP contribution in [0.3, 0.4) is 0 Å². The Hall–Kier alpha value is -11.4. The Morgan fingerprint density at radius 2 is 0.611 bits per heavy atom. The van der Waals surface area contributed by atoms with Crippen LogP contribution in [0.2, 0.25) is 0 Å². The number of hydrogen-bond acceptors (Lipinski definition) is 16. The maximum Gasteiger partial charge on any atom is 0.176 e. The third kappa shape index (κ3) is 26.1. The molecule has 20 rings (SSSR count). The number of likely N-dealkylation sites (tertiary alicyclic amines) is 4. The number of ether oxygens (including phenoxy) is 8. The Morgan fingerprint density at radius 3 is 0.939 bits per heavy atom. The number of β-amino-alcohol motifs (C(OH)–C–C–N with tert-alkyl or cyclic N) is 2. The first kappa shape index (κ1) is 91.5. The van der Waals surface area contributed by atoms with Crippen molar-refractivity contribution in [2.24, 2.45) is 47.3 Å². The maximum atomic E-state index is 12.8. The van der Waals surface area contributed by atoms with E-state index in [-0.39, 0.29) is 11.9 Å². The highest BCUT2D eigenvalue weighted by Crippen LogP contribution is 2.45. The van der Waals surface area contributed by atoms with Crippen LogP contribution in [0.1, 0.15) is 141 Å². The first-order valence-electron chi connectivity index (χ1n) is 47.6. The number of nitrogens with zero attached hydrogens (tertiary/aromatic N) is 6. The summed E-state index contributed by atoms with van der Waals surface area (Å²) in [7, 11) is 1.81. The number of carbonyl (C=O) groups excluding carboxylic acids is 1. The summed E-state index contributed by atoms with van der Waals surface area (Å²) in [5.41, 5.74) is 13.5. The first-order chi connectivity index (χ1) is 64.0. The van der Waals surface area contributed by atoms with Crippen LogP contribution in [0, 0.1) is 75.0 Å². The molecule has 5 heterocycles. The van der Waals surface area contributed by atoms with Crippen LogP contribution in [0.4, 0.5) is 0 Å². The minimum absolute atomic E-state index is 0.0709. The van der Waals surface area contributed by atoms with Gasteiger partial charge in [0.1, 0.15) is 60.1 Å². The molecule has 131 heavy (non-hydrogen) atoms. The van der Waals surface area contributed by atoms with E-state index in [4.69, 9.17) is 37.9 Å². The number of benzene rings is 11. The van der Waals surface area contributed by atoms with Gasteiger partial charge in [-0.05, 0) is 257 Å². The van der Waals surface area contributed by atoms with E-state index in [9.17, 15) is 15.0 Å². The predicted octanol–water partition coefficient (Wildman–Crippen LogP) is 21.1. The molecule has 4 saturated heterocycles. The summed E-state index contributed by atoms with van der Waals surface area (Å²) in [6.45, 7) is 22.0. The number of hydrogen-bond donors (Lipinski definition) is 2. The summed E-state index contributed by atoms with van der Waals surface area (Å²) in [5, 5.41) is 26.0. The van der Waals surface area contributed by atoms with E-state index in [1.54, 1.807) is 6.20 Å². The lowest BCUT2D eigenvalue weighted by molar-refractivity contribution is 0.0667. The molecule has 4 aliphatic heterocycles. The second-order valence-corrected chi connectivity index (χ2v) is 38.1. The molecule has 12 aromatic rings. The number of aromatic nitrogens is 2. The summed E-state index contributed by atoms with van der Waals surface area (Å²) >= 11 is 0. The molecule has 2 N–H and O–H groups in total. The van der Waals surface area contributed by atoms with E-state index in [1.807, 2.05) is 151 Å². The van der Waals surface area contributed by atoms with Crippen molar-refractivity contribution in [2.45, 2.75) is 148 Å². The van der Waals surface area contributed by atoms with Crippen LogP contribution in [0.15, 0.2) is 304 Å². The third-order valence-electron chi connectivity index (χ3n) is 28.0. The van der Waals surface area contributed by atoms with Crippen molar-refractivity contribution in [3.63, 3.8) is 0 Å². The summed E-state index contributed by atoms with van der Waals surface area (Å²) < 4.78 is 50.4. The molecule has 8 aliphatic rings. The highest BCUT2D eigenvalue weighted by Gasteiger charge is 2.46. The van der Waals surface area contributed by atoms with Gasteiger partial charge in [0.2, 0.25) is 0 Å². The van der Waals surface area contributed by atoms with Crippen molar-refractivity contribution >= 4 is 5.78 Å². The predicted molar refractivity (Wildman–Crippen MR) is 516 cm³/mol. The van der Waals surface area contributed by atoms with E-state index in [0.29, 0.717) is 99.4 Å². The number of ketones is 1. The Balaban J connectivity index is 0.000000122. The monoisotopic (exact) mass is 1760 g/mol. The largest absolute Gasteiger partial charge is 0.490 e. The van der Waals surface area contributed by atoms with Gasteiger partial charge in [-0.1, -0.05) is 216 Å². The lowest BCUT2D eigenvalue weighted by Crippen LogP contribution is -2.30. The lowest BCUT2D eigenvalue weighted by Gasteiger charge is -2.25. The van der Waals surface area contributed by atoms with Gasteiger partial charge in [-0.25, -0.2) is 0 Å². The number of aryl methyl sites for hydroxylation is 4. The number of carbonyl (C=O) groups is 1. The first-order valence-corrected chi connectivity index (χ1v) is 47.6. The van der Waals surface area contributed by atoms with E-state index >= 15 is 0 Å². The molecule has 0 spiro atoms. The van der Waals surface area contributed by atoms with Gasteiger partial charge in [-0.2, -0.15) is 5.10 Å². The van der Waals surface area contributed by atoms with Crippen molar-refractivity contribution in [1.29, 1.82) is 0 Å². The molecule has 17 nitrogen and oxygen atoms in total. The molecule has 11 aromatic carbocycles. The molecule has 682 valence electrons. The molecule has 15 atom stereocenters. The molecule has 17 heteroatoms. The zero-order valence-electron chi connectivity index (χ0n) is 76.8. The number of Topliss-reactive ketones (excluding diaryl/α,β-unsaturated/α-hetero) is 1. The van der Waals surface area contributed by atoms with Gasteiger partial charge >= 0.3 is 0 Å². The Labute approximate surface area is 775 Å². The van der Waals surface area contributed by atoms with Crippen molar-refractivity contribution < 1.29 is 52.9 Å². The minimum atomic E-state index is -0.497. The molecule has 1 aromatic heterocycles. The average molecular weight is 1760 g/mol. The van der Waals surface area contributed by atoms with Crippen LogP contribution in [0.5, 0.6) is 40.2 Å². The molecule has 8 fully saturated rings. The van der Waals surface area contributed by atoms with E-state index in [2.05, 4.69) is 210 Å². The number of fused-ring (bicyclic) bond motifs is 4. The van der Waals surface area contributed by atoms with E-state index in [1.165, 1.54) is 38.9 Å². The summed E-state index contributed by atoms with van der Waals surface area (Å²) in [6.07, 6.45) is 13.1. The number of methoxy groups -OCH3 is 1. The quantitative estimate of drug-likeness (QED) is 0.0383. The van der Waals surface area contributed by atoms with Crippen molar-refractivity contribution in [3.05, 3.63) is 370 Å². The normalized spacial score (nSPS) is 23.1. The molecular weight excluding hydrogens is 1630 g/mol. The Morgan fingerprint density at radius 1 is 0.328 bits per heavy atom. The Kier molecular flexibility index (Phi) is 31.2. The number of aliphatic hydroxyl groups excluding tert-OH is 2. The number of rotatable bonds is 32. The molecule has 0 bridgehead atoms. The van der Waals surface area contributed by atoms with Gasteiger partial charge in [-0.3, -0.25) is 29.1 Å². The molecule has 7 unspecified atom stereocenters. The molecular formula is C114H130N6O11. The second-order valence-electron chi connectivity index (χ2n) is 38.1. The van der Waals surface area contributed by atoms with Crippen LogP contribution >= 0.6 is 0 Å². The highest BCUT2D eigenvalue weighted by atomic mass is 16.5. The van der Waals surface area contributed by atoms with Crippen LogP contribution in [-0.4, -0.2) is 155 Å². The van der Waals surface area contributed by atoms with Crippen LogP contribution in [0.25, 0.3) is 0 Å². The fourth-order valence-electron chi connectivity index (χ4n) is 21.0. The summed E-state index contributed by atoms with van der Waals surface area (Å²) in [6, 6.07) is 98.0. The van der Waals surface area contributed by atoms with Gasteiger partial charge in [0.25, 0.3) is 0 Å². The van der Waals surface area contributed by atoms with Gasteiger partial charge in [0.15, 0.2) is 5.78 Å². The van der Waals surface area contributed by atoms with Crippen molar-refractivity contribution in [1.82, 2.24) is 29.4 Å². The van der Waals surface area contributed by atoms with Gasteiger partial charge in [-0.15, -0.1) is 0 Å². The minimum Gasteiger partial charge on any atom is -0.490 e. The average Bonchev–Trinajstić information content (AvgIpc) is 1.67. The topological polar surface area (TPSA) is 162 Å². The number of aliphatic hydroxyl groups is 2. The molecule has 4 aliphatic carbocycles. The van der Waals surface area contributed by atoms with Gasteiger partial charge < -0.3 is 48.1 Å². The summed E-state index contributed by atoms with van der Waals surface area (Å²) in [5.74, 6) is 12.0. The van der Waals surface area contributed by atoms with E-state index in [0.717, 1.165) is 197 Å². The summed E-state index contributed by atoms with van der Waals surface area (Å²) in [4.78, 5) is 22.6. The smallest absolute Gasteiger partial charge is 0.176 e. The van der Waals surface area contributed by atoms with Gasteiger partial charge in [0.05, 0.1) is 62.0 Å². The third-order valence-corrected chi connectivity index (χ3v) is 28.0. The van der Waals surface area contributed by atoms with Gasteiger partial charge in [0, 0.05) is 96.4 Å². The SMILES string of the molecule is COC(CN1C[C@H]2CC(Oc3ccc(C)cc3)C[C@H]2C1)c1ccc(OCc2ccccc2)cc1.Cc1ccc(OC2C[C@@H]3CN(CC(=O)c4ccc(OCc5ccccc5)cc4)C[C@@H]3C2)cc1.Cc1ccc(OC2C[C@@H]3CN(CC(O)c4ccc(OCc5ccccc5)cc4)C[C@@H]3C2)cc1.Cc1ccc(OC2C[C@@H]3CN(CC(O)c4cnn(Cc5ccccc5)c4)C[C@@H]3C2)cc1. The zero-order valence-corrected chi connectivity index (χ0v) is 76.8. The van der Waals surface area contributed by atoms with Crippen LogP contribution in [-0.2, 0) is 31.1 Å².